The number of amides is 2. The summed E-state index contributed by atoms with van der Waals surface area (Å²) >= 11 is 0. The van der Waals surface area contributed by atoms with Crippen molar-refractivity contribution in [2.75, 3.05) is 37.9 Å². The molecular formula is C36H40N2O4S4. The Morgan fingerprint density at radius 2 is 0.717 bits per heavy atom. The minimum absolute atomic E-state index is 0.0399. The number of ether oxygens (including phenoxy) is 2. The van der Waals surface area contributed by atoms with Gasteiger partial charge in [-0.25, -0.2) is 0 Å². The van der Waals surface area contributed by atoms with Crippen molar-refractivity contribution in [1.82, 2.24) is 9.80 Å². The van der Waals surface area contributed by atoms with Crippen molar-refractivity contribution >= 4 is 53.7 Å². The first kappa shape index (κ1) is 36.0. The molecule has 0 aliphatic heterocycles. The largest absolute Gasteiger partial charge is 0.378 e. The fourth-order valence-electron chi connectivity index (χ4n) is 4.38. The van der Waals surface area contributed by atoms with Gasteiger partial charge in [-0.05, 0) is 22.3 Å². The van der Waals surface area contributed by atoms with Gasteiger partial charge in [0.25, 0.3) is 10.5 Å². The Labute approximate surface area is 288 Å². The summed E-state index contributed by atoms with van der Waals surface area (Å²) < 4.78 is 11.4. The third-order valence-electron chi connectivity index (χ3n) is 6.64. The van der Waals surface area contributed by atoms with E-state index in [2.05, 4.69) is 0 Å². The average molecular weight is 693 g/mol. The van der Waals surface area contributed by atoms with Gasteiger partial charge in [0.15, 0.2) is 0 Å². The van der Waals surface area contributed by atoms with Crippen LogP contribution in [-0.4, -0.2) is 58.2 Å². The van der Waals surface area contributed by atoms with Crippen LogP contribution in [0.1, 0.15) is 22.3 Å². The molecule has 0 N–H and O–H groups in total. The number of benzene rings is 4. The lowest BCUT2D eigenvalue weighted by atomic mass is 10.2. The second kappa shape index (κ2) is 21.8. The normalized spacial score (nSPS) is 10.9. The first-order chi connectivity index (χ1) is 22.7. The molecule has 0 aliphatic rings. The van der Waals surface area contributed by atoms with E-state index in [0.717, 1.165) is 22.3 Å². The molecule has 0 unspecified atom stereocenters. The number of hydrogen-bond acceptors (Lipinski definition) is 8. The van der Waals surface area contributed by atoms with Gasteiger partial charge in [0, 0.05) is 59.3 Å². The summed E-state index contributed by atoms with van der Waals surface area (Å²) in [5, 5.41) is 0.0799. The maximum absolute atomic E-state index is 13.0. The topological polar surface area (TPSA) is 59.1 Å². The summed E-state index contributed by atoms with van der Waals surface area (Å²) in [5.41, 5.74) is 4.43. The van der Waals surface area contributed by atoms with Gasteiger partial charge in [0.05, 0.1) is 26.4 Å². The number of rotatable bonds is 19. The molecule has 242 valence electrons. The summed E-state index contributed by atoms with van der Waals surface area (Å²) in [6.45, 7) is 4.35. The molecule has 0 saturated carbocycles. The minimum Gasteiger partial charge on any atom is -0.378 e. The van der Waals surface area contributed by atoms with Crippen LogP contribution in [0.15, 0.2) is 121 Å². The molecule has 4 aromatic carbocycles. The van der Waals surface area contributed by atoms with Gasteiger partial charge in [0.2, 0.25) is 0 Å². The molecule has 6 nitrogen and oxygen atoms in total. The average Bonchev–Trinajstić information content (AvgIpc) is 3.10. The van der Waals surface area contributed by atoms with E-state index in [4.69, 9.17) is 9.47 Å². The molecule has 0 aliphatic carbocycles. The fraction of sp³-hybridized carbons (Fsp3) is 0.278. The highest BCUT2D eigenvalue weighted by Crippen LogP contribution is 2.28. The molecule has 0 aromatic heterocycles. The van der Waals surface area contributed by atoms with Crippen LogP contribution in [0, 0.1) is 0 Å². The van der Waals surface area contributed by atoms with Crippen molar-refractivity contribution in [3.05, 3.63) is 144 Å². The number of hydrogen-bond donors (Lipinski definition) is 0. The van der Waals surface area contributed by atoms with E-state index in [9.17, 15) is 9.59 Å². The predicted molar refractivity (Wildman–Crippen MR) is 197 cm³/mol. The summed E-state index contributed by atoms with van der Waals surface area (Å²) in [6.07, 6.45) is 0. The van der Waals surface area contributed by atoms with Gasteiger partial charge in [-0.3, -0.25) is 9.59 Å². The van der Waals surface area contributed by atoms with E-state index in [0.29, 0.717) is 64.1 Å². The maximum Gasteiger partial charge on any atom is 0.292 e. The van der Waals surface area contributed by atoms with Crippen LogP contribution in [0.25, 0.3) is 0 Å². The third-order valence-corrected chi connectivity index (χ3v) is 10.9. The Morgan fingerprint density at radius 3 is 1.00 bits per heavy atom. The van der Waals surface area contributed by atoms with Crippen molar-refractivity contribution in [3.63, 3.8) is 0 Å². The van der Waals surface area contributed by atoms with E-state index in [1.165, 1.54) is 43.2 Å². The number of nitrogens with zero attached hydrogens (tertiary/aromatic N) is 2. The molecular weight excluding hydrogens is 653 g/mol. The Balaban J connectivity index is 1.05. The predicted octanol–water partition coefficient (Wildman–Crippen LogP) is 9.43. The summed E-state index contributed by atoms with van der Waals surface area (Å²) in [6, 6.07) is 40.3. The van der Waals surface area contributed by atoms with Crippen molar-refractivity contribution in [2.45, 2.75) is 26.2 Å². The number of carbonyl (C=O) groups excluding carboxylic acids is 2. The van der Waals surface area contributed by atoms with Gasteiger partial charge in [-0.15, -0.1) is 0 Å². The zero-order valence-corrected chi connectivity index (χ0v) is 29.0. The summed E-state index contributed by atoms with van der Waals surface area (Å²) in [5.74, 6) is 1.41. The van der Waals surface area contributed by atoms with Crippen LogP contribution in [0.3, 0.4) is 0 Å². The molecule has 10 heteroatoms. The van der Waals surface area contributed by atoms with E-state index in [1.807, 2.05) is 131 Å². The fourth-order valence-corrected chi connectivity index (χ4v) is 7.74. The van der Waals surface area contributed by atoms with E-state index >= 15 is 0 Å². The lowest BCUT2D eigenvalue weighted by Crippen LogP contribution is -2.26. The minimum atomic E-state index is 0.0399. The number of carbonyl (C=O) groups is 2. The van der Waals surface area contributed by atoms with Crippen molar-refractivity contribution in [2.24, 2.45) is 0 Å². The monoisotopic (exact) mass is 692 g/mol. The van der Waals surface area contributed by atoms with Crippen LogP contribution < -0.4 is 0 Å². The highest BCUT2D eigenvalue weighted by Gasteiger charge is 2.17. The standard InChI is InChI=1S/C36H40N2O4S4/c39-35(37(27-31-13-5-1-6-14-31)28-32-15-7-2-8-16-32)45-43-25-23-41-21-22-42-24-26-44-46-36(40)38(29-33-17-9-3-10-18-33)30-34-19-11-4-12-20-34/h1-20H,21-30H2. The highest BCUT2D eigenvalue weighted by molar-refractivity contribution is 8.82. The highest BCUT2D eigenvalue weighted by atomic mass is 33.1. The molecule has 0 bridgehead atoms. The second-order valence-electron chi connectivity index (χ2n) is 10.2. The molecule has 0 atom stereocenters. The van der Waals surface area contributed by atoms with Crippen LogP contribution in [0.2, 0.25) is 0 Å². The molecule has 0 spiro atoms. The van der Waals surface area contributed by atoms with Crippen LogP contribution in [-0.2, 0) is 35.7 Å². The molecule has 0 fully saturated rings. The first-order valence-corrected chi connectivity index (χ1v) is 19.8. The Bertz CT molecular complexity index is 1210. The Hall–Kier alpha value is -2.86. The summed E-state index contributed by atoms with van der Waals surface area (Å²) in [7, 11) is 5.54. The maximum atomic E-state index is 13.0. The Kier molecular flexibility index (Phi) is 17.1. The van der Waals surface area contributed by atoms with Crippen LogP contribution in [0.5, 0.6) is 0 Å². The molecule has 0 saturated heterocycles. The van der Waals surface area contributed by atoms with Gasteiger partial charge >= 0.3 is 0 Å². The van der Waals surface area contributed by atoms with E-state index in [1.54, 1.807) is 0 Å². The van der Waals surface area contributed by atoms with Gasteiger partial charge < -0.3 is 19.3 Å². The van der Waals surface area contributed by atoms with Gasteiger partial charge in [0.1, 0.15) is 0 Å². The molecule has 46 heavy (non-hydrogen) atoms. The second-order valence-corrected chi connectivity index (χ2v) is 15.0. The zero-order chi connectivity index (χ0) is 32.1. The molecule has 4 rings (SSSR count). The molecule has 4 aromatic rings. The summed E-state index contributed by atoms with van der Waals surface area (Å²) in [4.78, 5) is 29.8. The SMILES string of the molecule is O=C(SSCCOCCOCCSSC(=O)N(Cc1ccccc1)Cc1ccccc1)N(Cc1ccccc1)Cc1ccccc1. The first-order valence-electron chi connectivity index (χ1n) is 15.2. The van der Waals surface area contributed by atoms with E-state index < -0.39 is 0 Å². The lowest BCUT2D eigenvalue weighted by molar-refractivity contribution is 0.0606. The van der Waals surface area contributed by atoms with E-state index in [-0.39, 0.29) is 10.5 Å². The molecule has 0 heterocycles. The zero-order valence-electron chi connectivity index (χ0n) is 25.8. The molecule has 0 radical (unpaired) electrons. The van der Waals surface area contributed by atoms with Crippen LogP contribution in [0.4, 0.5) is 9.59 Å². The smallest absolute Gasteiger partial charge is 0.292 e. The van der Waals surface area contributed by atoms with Crippen molar-refractivity contribution < 1.29 is 19.1 Å². The Morgan fingerprint density at radius 1 is 0.435 bits per heavy atom. The quantitative estimate of drug-likeness (QED) is 0.0712. The van der Waals surface area contributed by atoms with Gasteiger partial charge in [-0.1, -0.05) is 143 Å². The molecule has 2 amide bonds. The lowest BCUT2D eigenvalue weighted by Gasteiger charge is -2.22. The third kappa shape index (κ3) is 14.3. The van der Waals surface area contributed by atoms with Crippen molar-refractivity contribution in [3.8, 4) is 0 Å². The van der Waals surface area contributed by atoms with Gasteiger partial charge in [-0.2, -0.15) is 0 Å². The van der Waals surface area contributed by atoms with Crippen LogP contribution >= 0.6 is 43.2 Å². The van der Waals surface area contributed by atoms with Crippen molar-refractivity contribution in [1.29, 1.82) is 0 Å².